The zero-order chi connectivity index (χ0) is 28.3. The number of nitrogens with zero attached hydrogens (tertiary/aromatic N) is 6. The van der Waals surface area contributed by atoms with Gasteiger partial charge in [0.1, 0.15) is 17.6 Å². The number of likely N-dealkylation sites (N-methyl/N-ethyl adjacent to an activating group) is 1. The second-order valence-corrected chi connectivity index (χ2v) is 12.5. The first-order chi connectivity index (χ1) is 19.9. The second-order valence-electron chi connectivity index (χ2n) is 12.5. The summed E-state index contributed by atoms with van der Waals surface area (Å²) in [4.78, 5) is 39.1. The van der Waals surface area contributed by atoms with E-state index in [1.54, 1.807) is 16.2 Å². The molecular weight excluding hydrogens is 524 g/mol. The van der Waals surface area contributed by atoms with Gasteiger partial charge >= 0.3 is 5.69 Å². The topological polar surface area (TPSA) is 118 Å². The lowest BCUT2D eigenvalue weighted by molar-refractivity contribution is -0.127. The Balaban J connectivity index is 1.39. The summed E-state index contributed by atoms with van der Waals surface area (Å²) in [5, 5.41) is 4.52. The highest BCUT2D eigenvalue weighted by Crippen LogP contribution is 2.47. The summed E-state index contributed by atoms with van der Waals surface area (Å²) < 4.78 is 21.7. The van der Waals surface area contributed by atoms with Crippen molar-refractivity contribution in [3.8, 4) is 17.5 Å². The van der Waals surface area contributed by atoms with Crippen LogP contribution in [0.1, 0.15) is 88.4 Å². The third kappa shape index (κ3) is 4.26. The van der Waals surface area contributed by atoms with Crippen LogP contribution in [0.2, 0.25) is 0 Å². The van der Waals surface area contributed by atoms with Crippen LogP contribution in [-0.2, 0) is 28.4 Å². The molecule has 0 amide bonds. The fraction of sp³-hybridized carbons (Fsp3) is 0.700. The predicted octanol–water partition coefficient (Wildman–Crippen LogP) is 3.72. The highest BCUT2D eigenvalue weighted by molar-refractivity contribution is 5.91. The van der Waals surface area contributed by atoms with Gasteiger partial charge in [-0.3, -0.25) is 18.8 Å². The quantitative estimate of drug-likeness (QED) is 0.457. The van der Waals surface area contributed by atoms with E-state index >= 15 is 0 Å². The summed E-state index contributed by atoms with van der Waals surface area (Å²) in [6, 6.07) is 0.130. The molecule has 0 aromatic carbocycles. The molecule has 5 heterocycles. The predicted molar refractivity (Wildman–Crippen MR) is 151 cm³/mol. The first kappa shape index (κ1) is 26.8. The fourth-order valence-corrected chi connectivity index (χ4v) is 7.84. The highest BCUT2D eigenvalue weighted by Gasteiger charge is 2.48. The molecule has 1 saturated carbocycles. The number of fused-ring (bicyclic) bond motifs is 3. The molecule has 2 saturated heterocycles. The maximum Gasteiger partial charge on any atom is 0.330 e. The monoisotopic (exact) mass is 564 g/mol. The van der Waals surface area contributed by atoms with Crippen molar-refractivity contribution in [2.45, 2.75) is 101 Å². The Hall–Kier alpha value is -3.05. The van der Waals surface area contributed by atoms with Crippen molar-refractivity contribution in [3.63, 3.8) is 0 Å². The van der Waals surface area contributed by atoms with E-state index in [-0.39, 0.29) is 29.7 Å². The minimum absolute atomic E-state index is 0.124. The maximum atomic E-state index is 13.7. The SMILES string of the molecule is C[C@H](Oc1nc(-c2onc3c2CCC[C@@]32CCCCC2=O)nc2c1n(C)c(=O)n2[C@@H]1CCCOC1)[C@@H]1CCCN1C. The van der Waals surface area contributed by atoms with Gasteiger partial charge in [-0.05, 0) is 78.3 Å². The third-order valence-corrected chi connectivity index (χ3v) is 10.1. The molecule has 3 fully saturated rings. The molecule has 11 heteroatoms. The molecule has 2 aliphatic carbocycles. The molecule has 41 heavy (non-hydrogen) atoms. The number of Topliss-reactive ketones (excluding diaryl/α,β-unsaturated/α-hetero) is 1. The molecule has 3 aromatic rings. The van der Waals surface area contributed by atoms with Crippen molar-refractivity contribution in [2.75, 3.05) is 26.8 Å². The zero-order valence-electron chi connectivity index (χ0n) is 24.4. The molecule has 2 aliphatic heterocycles. The molecule has 0 bridgehead atoms. The number of likely N-dealkylation sites (tertiary alicyclic amines) is 1. The first-order valence-electron chi connectivity index (χ1n) is 15.4. The van der Waals surface area contributed by atoms with Crippen LogP contribution in [0.15, 0.2) is 9.32 Å². The summed E-state index contributed by atoms with van der Waals surface area (Å²) in [6.45, 7) is 4.25. The average Bonchev–Trinajstić information content (AvgIpc) is 3.67. The van der Waals surface area contributed by atoms with E-state index in [1.807, 2.05) is 0 Å². The van der Waals surface area contributed by atoms with Crippen LogP contribution in [0, 0.1) is 0 Å². The lowest BCUT2D eigenvalue weighted by Gasteiger charge is -2.37. The summed E-state index contributed by atoms with van der Waals surface area (Å²) in [5.41, 5.74) is 2.05. The molecule has 1 spiro atoms. The Labute approximate surface area is 239 Å². The van der Waals surface area contributed by atoms with Crippen molar-refractivity contribution < 1.29 is 18.8 Å². The molecule has 220 valence electrons. The van der Waals surface area contributed by atoms with Gasteiger partial charge in [-0.2, -0.15) is 4.98 Å². The number of carbonyl (C=O) groups is 1. The van der Waals surface area contributed by atoms with Crippen LogP contribution in [0.4, 0.5) is 0 Å². The minimum Gasteiger partial charge on any atom is -0.471 e. The molecule has 0 N–H and O–H groups in total. The van der Waals surface area contributed by atoms with E-state index in [9.17, 15) is 9.59 Å². The zero-order valence-corrected chi connectivity index (χ0v) is 24.4. The Morgan fingerprint density at radius 2 is 1.88 bits per heavy atom. The molecule has 11 nitrogen and oxygen atoms in total. The highest BCUT2D eigenvalue weighted by atomic mass is 16.5. The van der Waals surface area contributed by atoms with E-state index in [1.165, 1.54) is 0 Å². The number of aromatic nitrogens is 5. The smallest absolute Gasteiger partial charge is 0.330 e. The van der Waals surface area contributed by atoms with E-state index in [4.69, 9.17) is 24.0 Å². The largest absolute Gasteiger partial charge is 0.471 e. The van der Waals surface area contributed by atoms with Crippen LogP contribution in [-0.4, -0.2) is 73.9 Å². The van der Waals surface area contributed by atoms with Crippen LogP contribution < -0.4 is 10.4 Å². The van der Waals surface area contributed by atoms with Crippen LogP contribution in [0.3, 0.4) is 0 Å². The van der Waals surface area contributed by atoms with Gasteiger partial charge in [0, 0.05) is 31.7 Å². The van der Waals surface area contributed by atoms with Crippen molar-refractivity contribution in [3.05, 3.63) is 21.7 Å². The molecule has 4 atom stereocenters. The van der Waals surface area contributed by atoms with Gasteiger partial charge < -0.3 is 14.0 Å². The number of carbonyl (C=O) groups excluding carboxylic acids is 1. The molecular formula is C30H40N6O5. The number of ketones is 1. The molecule has 0 radical (unpaired) electrons. The van der Waals surface area contributed by atoms with Crippen molar-refractivity contribution in [1.82, 2.24) is 29.2 Å². The van der Waals surface area contributed by atoms with Crippen LogP contribution in [0.5, 0.6) is 5.88 Å². The van der Waals surface area contributed by atoms with E-state index in [2.05, 4.69) is 24.0 Å². The summed E-state index contributed by atoms with van der Waals surface area (Å²) >= 11 is 0. The lowest BCUT2D eigenvalue weighted by atomic mass is 9.64. The van der Waals surface area contributed by atoms with Gasteiger partial charge in [-0.1, -0.05) is 11.6 Å². The number of aryl methyl sites for hydroxylation is 1. The van der Waals surface area contributed by atoms with E-state index < -0.39 is 5.41 Å². The van der Waals surface area contributed by atoms with Crippen LogP contribution >= 0.6 is 0 Å². The van der Waals surface area contributed by atoms with Crippen molar-refractivity contribution in [2.24, 2.45) is 7.05 Å². The van der Waals surface area contributed by atoms with E-state index in [0.29, 0.717) is 48.3 Å². The molecule has 7 rings (SSSR count). The maximum absolute atomic E-state index is 13.7. The lowest BCUT2D eigenvalue weighted by Crippen LogP contribution is -2.41. The van der Waals surface area contributed by atoms with Crippen molar-refractivity contribution >= 4 is 16.9 Å². The number of hydrogen-bond acceptors (Lipinski definition) is 9. The molecule has 4 aliphatic rings. The Bertz CT molecular complexity index is 1530. The van der Waals surface area contributed by atoms with Crippen LogP contribution in [0.25, 0.3) is 22.7 Å². The normalized spacial score (nSPS) is 27.9. The average molecular weight is 565 g/mol. The van der Waals surface area contributed by atoms with Gasteiger partial charge in [0.05, 0.1) is 18.1 Å². The Kier molecular flexibility index (Phi) is 6.77. The number of rotatable bonds is 5. The summed E-state index contributed by atoms with van der Waals surface area (Å²) in [6.07, 6.45) is 9.55. The number of imidazole rings is 1. The summed E-state index contributed by atoms with van der Waals surface area (Å²) in [5.74, 6) is 1.48. The van der Waals surface area contributed by atoms with Crippen molar-refractivity contribution in [1.29, 1.82) is 0 Å². The van der Waals surface area contributed by atoms with Gasteiger partial charge in [0.2, 0.25) is 17.5 Å². The second kappa shape index (κ2) is 10.3. The number of hydrogen-bond donors (Lipinski definition) is 0. The third-order valence-electron chi connectivity index (χ3n) is 10.1. The Morgan fingerprint density at radius 3 is 2.63 bits per heavy atom. The summed E-state index contributed by atoms with van der Waals surface area (Å²) in [7, 11) is 3.87. The molecule has 3 aromatic heterocycles. The fourth-order valence-electron chi connectivity index (χ4n) is 7.84. The molecule has 0 unspecified atom stereocenters. The standard InChI is InChI=1S/C30H40N6O5/c1-18(21-11-7-15-34(21)2)40-28-23-27(36(29(38)35(23)3)19-9-8-16-39-17-19)31-26(32-28)24-20-10-6-14-30(25(20)33-41-24)13-5-4-12-22(30)37/h18-19,21H,4-17H2,1-3H3/t18-,19+,21-,30+/m0/s1. The van der Waals surface area contributed by atoms with Gasteiger partial charge in [0.15, 0.2) is 11.2 Å². The minimum atomic E-state index is -0.563. The van der Waals surface area contributed by atoms with Gasteiger partial charge in [-0.25, -0.2) is 9.78 Å². The number of ether oxygens (including phenoxy) is 2. The van der Waals surface area contributed by atoms with Gasteiger partial charge in [0.25, 0.3) is 0 Å². The Morgan fingerprint density at radius 1 is 1.02 bits per heavy atom. The van der Waals surface area contributed by atoms with Gasteiger partial charge in [-0.15, -0.1) is 0 Å². The van der Waals surface area contributed by atoms with E-state index in [0.717, 1.165) is 82.0 Å². The first-order valence-corrected chi connectivity index (χ1v) is 15.4.